The van der Waals surface area contributed by atoms with Crippen LogP contribution in [0.2, 0.25) is 0 Å². The Labute approximate surface area is 169 Å². The van der Waals surface area contributed by atoms with E-state index in [1.165, 1.54) is 0 Å². The molecular formula is C18H34O11. The maximum Gasteiger partial charge on any atom is 0.303 e. The van der Waals surface area contributed by atoms with E-state index in [2.05, 4.69) is 0 Å². The van der Waals surface area contributed by atoms with Gasteiger partial charge in [0, 0.05) is 31.1 Å². The molecule has 0 radical (unpaired) electrons. The highest BCUT2D eigenvalue weighted by Crippen LogP contribution is 2.18. The molecule has 0 fully saturated rings. The molecule has 0 atom stereocenters. The molecule has 0 aromatic rings. The first-order valence-electron chi connectivity index (χ1n) is 9.20. The molecule has 29 heavy (non-hydrogen) atoms. The third-order valence-electron chi connectivity index (χ3n) is 3.82. The van der Waals surface area contributed by atoms with E-state index in [0.29, 0.717) is 32.1 Å². The first-order valence-corrected chi connectivity index (χ1v) is 9.20. The zero-order valence-electron chi connectivity index (χ0n) is 16.7. The second-order valence-electron chi connectivity index (χ2n) is 6.32. The van der Waals surface area contributed by atoms with Crippen LogP contribution in [0, 0.1) is 5.41 Å². The molecule has 0 aromatic heterocycles. The van der Waals surface area contributed by atoms with Crippen LogP contribution < -0.4 is 0 Å². The normalized spacial score (nSPS) is 10.1. The summed E-state index contributed by atoms with van der Waals surface area (Å²) in [6, 6.07) is 0. The molecule has 0 saturated carbocycles. The summed E-state index contributed by atoms with van der Waals surface area (Å²) in [4.78, 5) is 39.6. The fraction of sp³-hybridized carbons (Fsp3) is 0.778. The van der Waals surface area contributed by atoms with Crippen LogP contribution in [0.1, 0.15) is 64.7 Å². The van der Waals surface area contributed by atoms with Gasteiger partial charge in [-0.05, 0) is 32.1 Å². The van der Waals surface area contributed by atoms with Crippen LogP contribution in [-0.2, 0) is 19.2 Å². The third kappa shape index (κ3) is 25.8. The molecule has 0 saturated heterocycles. The molecule has 0 unspecified atom stereocenters. The summed E-state index contributed by atoms with van der Waals surface area (Å²) in [6.45, 7) is 1.35. The molecular weight excluding hydrogens is 392 g/mol. The van der Waals surface area contributed by atoms with Gasteiger partial charge in [0.1, 0.15) is 0 Å². The van der Waals surface area contributed by atoms with Crippen molar-refractivity contribution < 1.29 is 54.9 Å². The molecule has 0 aliphatic heterocycles. The maximum atomic E-state index is 9.90. The zero-order valence-corrected chi connectivity index (χ0v) is 16.7. The smallest absolute Gasteiger partial charge is 0.303 e. The summed E-state index contributed by atoms with van der Waals surface area (Å²) in [6.07, 6.45) is 2.63. The second kappa shape index (κ2) is 20.5. The van der Waals surface area contributed by atoms with Gasteiger partial charge in [-0.1, -0.05) is 6.92 Å². The fourth-order valence-electron chi connectivity index (χ4n) is 1.59. The largest absolute Gasteiger partial charge is 0.481 e. The molecule has 0 bridgehead atoms. The number of aliphatic hydroxyl groups excluding tert-OH is 3. The molecule has 7 N–H and O–H groups in total. The van der Waals surface area contributed by atoms with Gasteiger partial charge < -0.3 is 35.7 Å². The van der Waals surface area contributed by atoms with Gasteiger partial charge in [-0.15, -0.1) is 0 Å². The van der Waals surface area contributed by atoms with E-state index < -0.39 is 29.3 Å². The topological polar surface area (TPSA) is 210 Å². The van der Waals surface area contributed by atoms with E-state index in [1.807, 2.05) is 6.92 Å². The minimum atomic E-state index is -0.870. The molecule has 0 aliphatic rings. The van der Waals surface area contributed by atoms with Crippen molar-refractivity contribution in [1.29, 1.82) is 0 Å². The summed E-state index contributed by atoms with van der Waals surface area (Å²) in [7, 11) is 0. The number of aliphatic hydroxyl groups is 3. The number of rotatable bonds is 14. The lowest BCUT2D eigenvalue weighted by molar-refractivity contribution is -0.139. The predicted octanol–water partition coefficient (Wildman–Crippen LogP) is 0.792. The lowest BCUT2D eigenvalue weighted by Gasteiger charge is -2.24. The van der Waals surface area contributed by atoms with Gasteiger partial charge >= 0.3 is 23.9 Å². The van der Waals surface area contributed by atoms with E-state index in [-0.39, 0.29) is 45.5 Å². The van der Waals surface area contributed by atoms with E-state index >= 15 is 0 Å². The van der Waals surface area contributed by atoms with E-state index in [1.54, 1.807) is 0 Å². The lowest BCUT2D eigenvalue weighted by Crippen LogP contribution is -2.32. The Morgan fingerprint density at radius 2 is 0.759 bits per heavy atom. The highest BCUT2D eigenvalue weighted by Gasteiger charge is 2.24. The first-order chi connectivity index (χ1) is 13.5. The number of carboxylic acid groups (broad SMARTS) is 4. The monoisotopic (exact) mass is 426 g/mol. The first kappa shape index (κ1) is 31.5. The molecule has 0 aliphatic carbocycles. The number of hydrogen-bond donors (Lipinski definition) is 7. The highest BCUT2D eigenvalue weighted by molar-refractivity contribution is 5.68. The van der Waals surface area contributed by atoms with Gasteiger partial charge in [0.15, 0.2) is 0 Å². The summed E-state index contributed by atoms with van der Waals surface area (Å²) in [5, 5.41) is 58.5. The number of unbranched alkanes of at least 4 members (excludes halogenated alkanes) is 2. The van der Waals surface area contributed by atoms with Crippen molar-refractivity contribution in [3.63, 3.8) is 0 Å². The Kier molecular flexibility index (Phi) is 22.2. The van der Waals surface area contributed by atoms with Crippen LogP contribution >= 0.6 is 0 Å². The quantitative estimate of drug-likeness (QED) is 0.193. The van der Waals surface area contributed by atoms with Crippen molar-refractivity contribution in [2.24, 2.45) is 5.41 Å². The van der Waals surface area contributed by atoms with Gasteiger partial charge in [-0.25, -0.2) is 0 Å². The Morgan fingerprint density at radius 3 is 0.828 bits per heavy atom. The van der Waals surface area contributed by atoms with Crippen LogP contribution in [0.15, 0.2) is 0 Å². The van der Waals surface area contributed by atoms with Gasteiger partial charge in [0.05, 0.1) is 19.8 Å². The average molecular weight is 426 g/mol. The minimum Gasteiger partial charge on any atom is -0.481 e. The summed E-state index contributed by atoms with van der Waals surface area (Å²) in [5.41, 5.74) is -0.667. The molecule has 0 amide bonds. The van der Waals surface area contributed by atoms with Crippen molar-refractivity contribution in [3.8, 4) is 0 Å². The number of carbonyl (C=O) groups is 4. The van der Waals surface area contributed by atoms with Crippen molar-refractivity contribution in [3.05, 3.63) is 0 Å². The second-order valence-corrected chi connectivity index (χ2v) is 6.32. The molecule has 0 spiro atoms. The molecule has 0 rings (SSSR count). The van der Waals surface area contributed by atoms with Crippen molar-refractivity contribution in [2.45, 2.75) is 64.7 Å². The van der Waals surface area contributed by atoms with E-state index in [9.17, 15) is 19.2 Å². The summed E-state index contributed by atoms with van der Waals surface area (Å²) >= 11 is 0. The molecule has 11 nitrogen and oxygen atoms in total. The van der Waals surface area contributed by atoms with Gasteiger partial charge in [0.2, 0.25) is 0 Å². The van der Waals surface area contributed by atoms with Gasteiger partial charge in [0.25, 0.3) is 0 Å². The van der Waals surface area contributed by atoms with Crippen LogP contribution in [0.25, 0.3) is 0 Å². The molecule has 0 heterocycles. The average Bonchev–Trinajstić information content (AvgIpc) is 2.65. The Bertz CT molecular complexity index is 377. The number of carboxylic acids is 4. The minimum absolute atomic E-state index is 0.0628. The molecule has 11 heteroatoms. The standard InChI is InChI=1S/2C6H10O4.C6H14O3/c2*7-5(8)3-1-2-4-6(9)10;1-2-6(3-7,4-8)5-9/h2*1-4H2,(H,7,8)(H,9,10);7-9H,2-5H2,1H3. The summed E-state index contributed by atoms with van der Waals surface area (Å²) in [5.74, 6) is -3.48. The summed E-state index contributed by atoms with van der Waals surface area (Å²) < 4.78 is 0. The van der Waals surface area contributed by atoms with Crippen LogP contribution in [0.5, 0.6) is 0 Å². The fourth-order valence-corrected chi connectivity index (χ4v) is 1.59. The van der Waals surface area contributed by atoms with E-state index in [0.717, 1.165) is 0 Å². The Morgan fingerprint density at radius 1 is 0.552 bits per heavy atom. The third-order valence-corrected chi connectivity index (χ3v) is 3.82. The van der Waals surface area contributed by atoms with Crippen LogP contribution in [0.4, 0.5) is 0 Å². The van der Waals surface area contributed by atoms with E-state index in [4.69, 9.17) is 35.7 Å². The van der Waals surface area contributed by atoms with Crippen molar-refractivity contribution in [2.75, 3.05) is 19.8 Å². The SMILES string of the molecule is CCC(CO)(CO)CO.O=C(O)CCCCC(=O)O.O=C(O)CCCCC(=O)O. The number of aliphatic carboxylic acids is 4. The van der Waals surface area contributed by atoms with Gasteiger partial charge in [-0.2, -0.15) is 0 Å². The predicted molar refractivity (Wildman–Crippen MR) is 101 cm³/mol. The van der Waals surface area contributed by atoms with Crippen LogP contribution in [-0.4, -0.2) is 79.4 Å². The van der Waals surface area contributed by atoms with Crippen molar-refractivity contribution >= 4 is 23.9 Å². The Hall–Kier alpha value is -2.24. The highest BCUT2D eigenvalue weighted by atomic mass is 16.4. The zero-order chi connectivity index (χ0) is 23.3. The molecule has 0 aromatic carbocycles. The Balaban J connectivity index is -0.000000350. The van der Waals surface area contributed by atoms with Crippen molar-refractivity contribution in [1.82, 2.24) is 0 Å². The lowest BCUT2D eigenvalue weighted by atomic mass is 9.88. The maximum absolute atomic E-state index is 9.90. The van der Waals surface area contributed by atoms with Gasteiger partial charge in [-0.3, -0.25) is 19.2 Å². The number of hydrogen-bond acceptors (Lipinski definition) is 7. The van der Waals surface area contributed by atoms with Crippen LogP contribution in [0.3, 0.4) is 0 Å². The molecule has 172 valence electrons.